The molecule has 2 atom stereocenters. The molecule has 0 bridgehead atoms. The summed E-state index contributed by atoms with van der Waals surface area (Å²) in [7, 11) is 0. The lowest BCUT2D eigenvalue weighted by Crippen LogP contribution is -2.55. The highest BCUT2D eigenvalue weighted by Gasteiger charge is 2.30. The number of hydrogen-bond donors (Lipinski definition) is 1. The Morgan fingerprint density at radius 1 is 1.00 bits per heavy atom. The van der Waals surface area contributed by atoms with E-state index in [4.69, 9.17) is 9.26 Å². The highest BCUT2D eigenvalue weighted by molar-refractivity contribution is 5.88. The Balaban J connectivity index is 1.21. The van der Waals surface area contributed by atoms with Crippen LogP contribution in [0.15, 0.2) is 65.2 Å². The number of piperazine rings is 1. The van der Waals surface area contributed by atoms with E-state index in [1.54, 1.807) is 19.1 Å². The van der Waals surface area contributed by atoms with Crippen molar-refractivity contribution in [2.75, 3.05) is 26.2 Å². The zero-order valence-corrected chi connectivity index (χ0v) is 22.4. The maximum Gasteiger partial charge on any atom is 0.257 e. The normalized spacial score (nSPS) is 17.0. The van der Waals surface area contributed by atoms with Crippen molar-refractivity contribution in [1.82, 2.24) is 19.9 Å². The molecule has 7 nitrogen and oxygen atoms in total. The number of benzene rings is 3. The van der Waals surface area contributed by atoms with Gasteiger partial charge in [-0.3, -0.25) is 9.80 Å². The first-order valence-electron chi connectivity index (χ1n) is 13.1. The van der Waals surface area contributed by atoms with Gasteiger partial charge < -0.3 is 14.4 Å². The number of fused-ring (bicyclic) bond motifs is 1. The second-order valence-electron chi connectivity index (χ2n) is 11.0. The minimum Gasteiger partial charge on any atom is -0.472 e. The fourth-order valence-corrected chi connectivity index (χ4v) is 4.89. The van der Waals surface area contributed by atoms with Gasteiger partial charge in [-0.05, 0) is 47.6 Å². The second-order valence-corrected chi connectivity index (χ2v) is 11.0. The lowest BCUT2D eigenvalue weighted by molar-refractivity contribution is -0.0748. The summed E-state index contributed by atoms with van der Waals surface area (Å²) >= 11 is 0. The monoisotopic (exact) mass is 518 g/mol. The van der Waals surface area contributed by atoms with Crippen LogP contribution in [0.3, 0.4) is 0 Å². The van der Waals surface area contributed by atoms with Crippen LogP contribution in [0.4, 0.5) is 4.39 Å². The van der Waals surface area contributed by atoms with Crippen LogP contribution < -0.4 is 4.74 Å². The van der Waals surface area contributed by atoms with Gasteiger partial charge >= 0.3 is 0 Å². The van der Waals surface area contributed by atoms with E-state index in [2.05, 4.69) is 52.8 Å². The highest BCUT2D eigenvalue weighted by Crippen LogP contribution is 2.30. The van der Waals surface area contributed by atoms with E-state index in [0.29, 0.717) is 42.5 Å². The molecule has 0 saturated carbocycles. The summed E-state index contributed by atoms with van der Waals surface area (Å²) in [6, 6.07) is 18.7. The van der Waals surface area contributed by atoms with Gasteiger partial charge in [0.25, 0.3) is 5.89 Å². The first-order valence-corrected chi connectivity index (χ1v) is 13.1. The molecule has 1 aromatic heterocycles. The van der Waals surface area contributed by atoms with E-state index >= 15 is 0 Å². The number of rotatable bonds is 7. The standard InChI is InChI=1S/C30H35FN4O3/c1-20(36)29(37-25-10-6-8-21-7-5-9-24(31)27(21)25)35-17-15-34(16-18-35)19-26-32-28(38-33-26)22-11-13-23(14-12-22)30(2,3)4/h5-14,20,29,36H,15-19H2,1-4H3. The SMILES string of the molecule is CC(O)C(Oc1cccc2cccc(F)c12)N1CCN(Cc2noc(-c3ccc(C(C)(C)C)cc3)n2)CC1. The lowest BCUT2D eigenvalue weighted by Gasteiger charge is -2.39. The van der Waals surface area contributed by atoms with Gasteiger partial charge in [0, 0.05) is 31.7 Å². The van der Waals surface area contributed by atoms with Gasteiger partial charge in [-0.15, -0.1) is 0 Å². The molecule has 1 aliphatic rings. The molecular weight excluding hydrogens is 483 g/mol. The zero-order valence-electron chi connectivity index (χ0n) is 22.4. The average molecular weight is 519 g/mol. The largest absolute Gasteiger partial charge is 0.472 e. The van der Waals surface area contributed by atoms with Crippen molar-refractivity contribution in [3.8, 4) is 17.2 Å². The Labute approximate surface area is 222 Å². The molecule has 1 fully saturated rings. The van der Waals surface area contributed by atoms with Crippen molar-refractivity contribution in [3.63, 3.8) is 0 Å². The molecule has 200 valence electrons. The van der Waals surface area contributed by atoms with Crippen LogP contribution in [0, 0.1) is 5.82 Å². The molecule has 0 amide bonds. The van der Waals surface area contributed by atoms with E-state index in [-0.39, 0.29) is 11.2 Å². The Kier molecular flexibility index (Phi) is 7.47. The van der Waals surface area contributed by atoms with Crippen LogP contribution in [0.2, 0.25) is 0 Å². The summed E-state index contributed by atoms with van der Waals surface area (Å²) < 4.78 is 26.4. The average Bonchev–Trinajstić information content (AvgIpc) is 3.36. The summed E-state index contributed by atoms with van der Waals surface area (Å²) in [4.78, 5) is 8.96. The first kappa shape index (κ1) is 26.3. The van der Waals surface area contributed by atoms with Gasteiger partial charge in [0.1, 0.15) is 17.7 Å². The molecule has 2 heterocycles. The topological polar surface area (TPSA) is 74.9 Å². The predicted octanol–water partition coefficient (Wildman–Crippen LogP) is 5.23. The summed E-state index contributed by atoms with van der Waals surface area (Å²) in [5.41, 5.74) is 2.25. The third-order valence-corrected chi connectivity index (χ3v) is 7.07. The molecule has 38 heavy (non-hydrogen) atoms. The fourth-order valence-electron chi connectivity index (χ4n) is 4.89. The molecule has 8 heteroatoms. The lowest BCUT2D eigenvalue weighted by atomic mass is 9.87. The van der Waals surface area contributed by atoms with Crippen LogP contribution in [0.5, 0.6) is 5.75 Å². The van der Waals surface area contributed by atoms with Gasteiger partial charge in [0.15, 0.2) is 12.1 Å². The molecule has 1 aliphatic heterocycles. The van der Waals surface area contributed by atoms with Gasteiger partial charge in [-0.25, -0.2) is 4.39 Å². The number of ether oxygens (including phenoxy) is 1. The van der Waals surface area contributed by atoms with Crippen molar-refractivity contribution in [1.29, 1.82) is 0 Å². The van der Waals surface area contributed by atoms with E-state index in [9.17, 15) is 9.50 Å². The minimum absolute atomic E-state index is 0.0869. The van der Waals surface area contributed by atoms with Crippen LogP contribution in [-0.2, 0) is 12.0 Å². The molecule has 3 aromatic carbocycles. The maximum atomic E-state index is 14.6. The molecule has 0 spiro atoms. The highest BCUT2D eigenvalue weighted by atomic mass is 19.1. The predicted molar refractivity (Wildman–Crippen MR) is 145 cm³/mol. The molecule has 2 unspecified atom stereocenters. The zero-order chi connectivity index (χ0) is 26.9. The maximum absolute atomic E-state index is 14.6. The number of aliphatic hydroxyl groups is 1. The number of hydrogen-bond acceptors (Lipinski definition) is 7. The molecule has 1 N–H and O–H groups in total. The fraction of sp³-hybridized carbons (Fsp3) is 0.400. The third-order valence-electron chi connectivity index (χ3n) is 7.07. The number of aliphatic hydroxyl groups excluding tert-OH is 1. The Bertz CT molecular complexity index is 1370. The molecule has 4 aromatic rings. The number of nitrogens with zero attached hydrogens (tertiary/aromatic N) is 4. The summed E-state index contributed by atoms with van der Waals surface area (Å²) in [5.74, 6) is 1.26. The van der Waals surface area contributed by atoms with Crippen molar-refractivity contribution in [2.45, 2.75) is 52.0 Å². The van der Waals surface area contributed by atoms with Gasteiger partial charge in [0.2, 0.25) is 0 Å². The van der Waals surface area contributed by atoms with Crippen molar-refractivity contribution in [3.05, 3.63) is 77.9 Å². The molecule has 1 saturated heterocycles. The smallest absolute Gasteiger partial charge is 0.257 e. The third kappa shape index (κ3) is 5.72. The van der Waals surface area contributed by atoms with E-state index in [1.165, 1.54) is 11.6 Å². The van der Waals surface area contributed by atoms with Crippen LogP contribution in [-0.4, -0.2) is 63.6 Å². The van der Waals surface area contributed by atoms with E-state index in [1.807, 2.05) is 30.3 Å². The molecular formula is C30H35FN4O3. The summed E-state index contributed by atoms with van der Waals surface area (Å²) in [6.07, 6.45) is -1.34. The Morgan fingerprint density at radius 2 is 1.68 bits per heavy atom. The van der Waals surface area contributed by atoms with Crippen LogP contribution >= 0.6 is 0 Å². The Morgan fingerprint density at radius 3 is 2.34 bits per heavy atom. The molecule has 0 radical (unpaired) electrons. The summed E-state index contributed by atoms with van der Waals surface area (Å²) in [6.45, 7) is 11.7. The molecule has 0 aliphatic carbocycles. The Hall–Kier alpha value is -3.33. The second kappa shape index (κ2) is 10.8. The van der Waals surface area contributed by atoms with Gasteiger partial charge in [-0.2, -0.15) is 4.98 Å². The van der Waals surface area contributed by atoms with Crippen molar-refractivity contribution >= 4 is 10.8 Å². The quantitative estimate of drug-likeness (QED) is 0.359. The van der Waals surface area contributed by atoms with E-state index < -0.39 is 12.3 Å². The van der Waals surface area contributed by atoms with Gasteiger partial charge in [0.05, 0.1) is 11.9 Å². The van der Waals surface area contributed by atoms with Crippen LogP contribution in [0.25, 0.3) is 22.2 Å². The van der Waals surface area contributed by atoms with Crippen LogP contribution in [0.1, 0.15) is 39.1 Å². The van der Waals surface area contributed by atoms with Gasteiger partial charge in [-0.1, -0.05) is 62.3 Å². The number of halogens is 1. The first-order chi connectivity index (χ1) is 18.2. The molecule has 5 rings (SSSR count). The van der Waals surface area contributed by atoms with Crippen molar-refractivity contribution < 1.29 is 18.8 Å². The number of aromatic nitrogens is 2. The van der Waals surface area contributed by atoms with E-state index in [0.717, 1.165) is 24.0 Å². The summed E-state index contributed by atoms with van der Waals surface area (Å²) in [5, 5.41) is 15.9. The minimum atomic E-state index is -0.756. The van der Waals surface area contributed by atoms with Crippen molar-refractivity contribution in [2.24, 2.45) is 0 Å².